The van der Waals surface area contributed by atoms with E-state index < -0.39 is 11.9 Å². The van der Waals surface area contributed by atoms with Gasteiger partial charge in [-0.3, -0.25) is 9.59 Å². The Morgan fingerprint density at radius 3 is 2.45 bits per heavy atom. The topological polar surface area (TPSA) is 52.6 Å². The van der Waals surface area contributed by atoms with Gasteiger partial charge in [0.25, 0.3) is 0 Å². The molecule has 4 heteroatoms. The number of esters is 2. The van der Waals surface area contributed by atoms with Crippen molar-refractivity contribution in [2.45, 2.75) is 51.9 Å². The molecule has 0 bridgehead atoms. The van der Waals surface area contributed by atoms with Crippen molar-refractivity contribution in [3.05, 3.63) is 42.7 Å². The van der Waals surface area contributed by atoms with Crippen LogP contribution in [0, 0.1) is 0 Å². The van der Waals surface area contributed by atoms with Gasteiger partial charge in [0.2, 0.25) is 0 Å². The monoisotopic (exact) mass is 304 g/mol. The summed E-state index contributed by atoms with van der Waals surface area (Å²) >= 11 is 0. The molecule has 0 saturated heterocycles. The Hall–Kier alpha value is -2.10. The Balaban J connectivity index is 2.10. The van der Waals surface area contributed by atoms with Crippen molar-refractivity contribution in [3.8, 4) is 5.75 Å². The molecule has 0 aliphatic carbocycles. The molecule has 22 heavy (non-hydrogen) atoms. The fourth-order valence-electron chi connectivity index (χ4n) is 1.82. The second kappa shape index (κ2) is 11.5. The average Bonchev–Trinajstić information content (AvgIpc) is 2.53. The number of benzene rings is 1. The number of carbonyl (C=O) groups is 2. The lowest BCUT2D eigenvalue weighted by Gasteiger charge is -2.03. The molecule has 0 heterocycles. The van der Waals surface area contributed by atoms with Crippen molar-refractivity contribution in [3.63, 3.8) is 0 Å². The minimum Gasteiger partial charge on any atom is -0.435 e. The van der Waals surface area contributed by atoms with Gasteiger partial charge in [-0.05, 0) is 31.1 Å². The molecular weight excluding hydrogens is 280 g/mol. The average molecular weight is 304 g/mol. The van der Waals surface area contributed by atoms with E-state index >= 15 is 0 Å². The van der Waals surface area contributed by atoms with E-state index in [2.05, 4.69) is 6.92 Å². The quantitative estimate of drug-likeness (QED) is 0.278. The summed E-state index contributed by atoms with van der Waals surface area (Å²) in [4.78, 5) is 23.0. The van der Waals surface area contributed by atoms with Crippen LogP contribution in [0.4, 0.5) is 0 Å². The van der Waals surface area contributed by atoms with E-state index in [1.807, 2.05) is 12.1 Å². The molecular formula is C18H24O4. The second-order valence-corrected chi connectivity index (χ2v) is 5.00. The molecule has 1 aromatic rings. The van der Waals surface area contributed by atoms with Gasteiger partial charge in [0.15, 0.2) is 0 Å². The Morgan fingerprint density at radius 1 is 1.00 bits per heavy atom. The lowest BCUT2D eigenvalue weighted by atomic mass is 10.1. The van der Waals surface area contributed by atoms with Crippen LogP contribution in [0.5, 0.6) is 5.75 Å². The van der Waals surface area contributed by atoms with Gasteiger partial charge < -0.3 is 9.47 Å². The van der Waals surface area contributed by atoms with Gasteiger partial charge in [-0.15, -0.1) is 0 Å². The lowest BCUT2D eigenvalue weighted by Crippen LogP contribution is -2.11. The first-order chi connectivity index (χ1) is 10.7. The van der Waals surface area contributed by atoms with Gasteiger partial charge in [-0.25, -0.2) is 0 Å². The van der Waals surface area contributed by atoms with E-state index in [1.54, 1.807) is 24.3 Å². The molecule has 1 rings (SSSR count). The van der Waals surface area contributed by atoms with Crippen LogP contribution in [0.2, 0.25) is 0 Å². The van der Waals surface area contributed by atoms with Gasteiger partial charge in [-0.1, -0.05) is 44.4 Å². The largest absolute Gasteiger partial charge is 0.435 e. The van der Waals surface area contributed by atoms with Crippen molar-refractivity contribution < 1.29 is 19.1 Å². The van der Waals surface area contributed by atoms with Crippen LogP contribution < -0.4 is 4.74 Å². The summed E-state index contributed by atoms with van der Waals surface area (Å²) in [5.41, 5.74) is 0. The van der Waals surface area contributed by atoms with E-state index in [4.69, 9.17) is 9.47 Å². The predicted molar refractivity (Wildman–Crippen MR) is 85.3 cm³/mol. The summed E-state index contributed by atoms with van der Waals surface area (Å²) in [6, 6.07) is 8.78. The van der Waals surface area contributed by atoms with Crippen LogP contribution in [0.25, 0.3) is 0 Å². The molecule has 0 spiro atoms. The number of hydrogen-bond acceptors (Lipinski definition) is 4. The first kappa shape index (κ1) is 18.0. The summed E-state index contributed by atoms with van der Waals surface area (Å²) in [5, 5.41) is 0. The van der Waals surface area contributed by atoms with Crippen LogP contribution >= 0.6 is 0 Å². The summed E-state index contributed by atoms with van der Waals surface area (Å²) in [5.74, 6) is -0.380. The smallest absolute Gasteiger partial charge is 0.311 e. The van der Waals surface area contributed by atoms with Gasteiger partial charge in [0, 0.05) is 0 Å². The highest BCUT2D eigenvalue weighted by atomic mass is 16.5. The molecule has 0 aromatic heterocycles. The van der Waals surface area contributed by atoms with Crippen LogP contribution in [-0.4, -0.2) is 11.9 Å². The molecule has 120 valence electrons. The highest BCUT2D eigenvalue weighted by molar-refractivity contribution is 5.79. The van der Waals surface area contributed by atoms with E-state index in [0.29, 0.717) is 5.75 Å². The van der Waals surface area contributed by atoms with Crippen molar-refractivity contribution in [2.75, 3.05) is 0 Å². The number of hydrogen-bond donors (Lipinski definition) is 0. The number of carbonyl (C=O) groups excluding carboxylic acids is 2. The van der Waals surface area contributed by atoms with Crippen molar-refractivity contribution in [1.29, 1.82) is 0 Å². The molecule has 1 aromatic carbocycles. The third-order valence-electron chi connectivity index (χ3n) is 3.03. The summed E-state index contributed by atoms with van der Waals surface area (Å²) < 4.78 is 10.0. The molecule has 0 amide bonds. The van der Waals surface area contributed by atoms with Gasteiger partial charge in [0.1, 0.15) is 5.75 Å². The Labute approximate surface area is 132 Å². The molecule has 4 nitrogen and oxygen atoms in total. The summed E-state index contributed by atoms with van der Waals surface area (Å²) in [6.45, 7) is 2.17. The van der Waals surface area contributed by atoms with Gasteiger partial charge in [-0.2, -0.15) is 0 Å². The Kier molecular flexibility index (Phi) is 9.42. The first-order valence-corrected chi connectivity index (χ1v) is 7.82. The predicted octanol–water partition coefficient (Wildman–Crippen LogP) is 4.40. The van der Waals surface area contributed by atoms with E-state index in [9.17, 15) is 9.59 Å². The highest BCUT2D eigenvalue weighted by Crippen LogP contribution is 2.10. The fraction of sp³-hybridized carbons (Fsp3) is 0.444. The van der Waals surface area contributed by atoms with Crippen LogP contribution in [0.1, 0.15) is 51.9 Å². The fourth-order valence-corrected chi connectivity index (χ4v) is 1.82. The zero-order valence-corrected chi connectivity index (χ0v) is 13.1. The van der Waals surface area contributed by atoms with Crippen LogP contribution in [0.3, 0.4) is 0 Å². The molecule has 0 radical (unpaired) electrons. The highest BCUT2D eigenvalue weighted by Gasteiger charge is 2.09. The summed E-state index contributed by atoms with van der Waals surface area (Å²) in [7, 11) is 0. The molecule has 0 fully saturated rings. The van der Waals surface area contributed by atoms with Crippen molar-refractivity contribution >= 4 is 11.9 Å². The third kappa shape index (κ3) is 8.95. The minimum atomic E-state index is -0.438. The van der Waals surface area contributed by atoms with E-state index in [-0.39, 0.29) is 12.8 Å². The molecule has 0 aliphatic rings. The normalized spacial score (nSPS) is 10.6. The Morgan fingerprint density at radius 2 is 1.73 bits per heavy atom. The van der Waals surface area contributed by atoms with E-state index in [0.717, 1.165) is 12.8 Å². The molecule has 0 aliphatic heterocycles. The zero-order valence-electron chi connectivity index (χ0n) is 13.1. The SMILES string of the molecule is CCCCCCC=COC(=O)CCC(=O)Oc1ccccc1. The lowest BCUT2D eigenvalue weighted by molar-refractivity contribution is -0.142. The van der Waals surface area contributed by atoms with Crippen molar-refractivity contribution in [2.24, 2.45) is 0 Å². The van der Waals surface area contributed by atoms with E-state index in [1.165, 1.54) is 25.5 Å². The van der Waals surface area contributed by atoms with Crippen LogP contribution in [0.15, 0.2) is 42.7 Å². The van der Waals surface area contributed by atoms with Crippen molar-refractivity contribution in [1.82, 2.24) is 0 Å². The number of unbranched alkanes of at least 4 members (excludes halogenated alkanes) is 4. The number of para-hydroxylation sites is 1. The van der Waals surface area contributed by atoms with Crippen LogP contribution in [-0.2, 0) is 14.3 Å². The first-order valence-electron chi connectivity index (χ1n) is 7.82. The second-order valence-electron chi connectivity index (χ2n) is 5.00. The standard InChI is InChI=1S/C18H24O4/c1-2-3-4-5-6-10-15-21-17(19)13-14-18(20)22-16-11-8-7-9-12-16/h7-12,15H,2-6,13-14H2,1H3. The Bertz CT molecular complexity index is 465. The maximum Gasteiger partial charge on any atom is 0.311 e. The zero-order chi connectivity index (χ0) is 16.0. The third-order valence-corrected chi connectivity index (χ3v) is 3.03. The molecule has 0 unspecified atom stereocenters. The van der Waals surface area contributed by atoms with Gasteiger partial charge >= 0.3 is 11.9 Å². The molecule has 0 saturated carbocycles. The number of rotatable bonds is 10. The molecule has 0 atom stereocenters. The maximum absolute atomic E-state index is 11.5. The van der Waals surface area contributed by atoms with Gasteiger partial charge in [0.05, 0.1) is 19.1 Å². The summed E-state index contributed by atoms with van der Waals surface area (Å²) in [6.07, 6.45) is 8.93. The molecule has 0 N–H and O–H groups in total. The maximum atomic E-state index is 11.5. The number of allylic oxidation sites excluding steroid dienone is 1. The number of ether oxygens (including phenoxy) is 2. The minimum absolute atomic E-state index is 0.0120.